The highest BCUT2D eigenvalue weighted by Crippen LogP contribution is 2.35. The van der Waals surface area contributed by atoms with E-state index in [1.54, 1.807) is 30.3 Å². The smallest absolute Gasteiger partial charge is 0.411 e. The Labute approximate surface area is 272 Å². The van der Waals surface area contributed by atoms with Gasteiger partial charge in [0.05, 0.1) is 24.5 Å². The van der Waals surface area contributed by atoms with Crippen LogP contribution in [0.2, 0.25) is 10.2 Å². The molecule has 4 N–H and O–H groups in total. The summed E-state index contributed by atoms with van der Waals surface area (Å²) in [6.45, 7) is 1.41. The van der Waals surface area contributed by atoms with Crippen molar-refractivity contribution in [3.8, 4) is 11.3 Å². The number of aromatic amines is 1. The summed E-state index contributed by atoms with van der Waals surface area (Å²) in [5.41, 5.74) is 2.65. The summed E-state index contributed by atoms with van der Waals surface area (Å²) < 4.78 is 19.4. The number of carbonyl (C=O) groups excluding carboxylic acids is 4. The molecule has 4 aromatic rings. The largest absolute Gasteiger partial charge is 0.453 e. The molecule has 5 rings (SSSR count). The van der Waals surface area contributed by atoms with Gasteiger partial charge in [-0.25, -0.2) is 14.2 Å². The summed E-state index contributed by atoms with van der Waals surface area (Å²) in [5.74, 6) is -1.47. The van der Waals surface area contributed by atoms with Crippen molar-refractivity contribution in [2.75, 3.05) is 17.7 Å². The predicted octanol–water partition coefficient (Wildman–Crippen LogP) is 6.30. The van der Waals surface area contributed by atoms with E-state index in [0.29, 0.717) is 33.1 Å². The van der Waals surface area contributed by atoms with Gasteiger partial charge >= 0.3 is 6.09 Å². The van der Waals surface area contributed by atoms with Crippen LogP contribution < -0.4 is 16.0 Å². The lowest BCUT2D eigenvalue weighted by atomic mass is 10.0. The third kappa shape index (κ3) is 7.59. The molecule has 14 heteroatoms. The molecule has 1 atom stereocenters. The lowest BCUT2D eigenvalue weighted by Gasteiger charge is -2.17. The molecule has 0 aliphatic carbocycles. The van der Waals surface area contributed by atoms with Gasteiger partial charge in [0, 0.05) is 52.9 Å². The number of ether oxygens (including phenoxy) is 1. The van der Waals surface area contributed by atoms with E-state index in [9.17, 15) is 23.6 Å². The maximum Gasteiger partial charge on any atom is 0.411 e. The zero-order chi connectivity index (χ0) is 33.0. The van der Waals surface area contributed by atoms with Crippen molar-refractivity contribution in [2.45, 2.75) is 32.2 Å². The predicted molar refractivity (Wildman–Crippen MR) is 171 cm³/mol. The minimum atomic E-state index is -0.818. The number of anilines is 2. The second-order valence-corrected chi connectivity index (χ2v) is 11.1. The topological polar surface area (TPSA) is 155 Å². The first-order valence-electron chi connectivity index (χ1n) is 14.0. The Morgan fingerprint density at radius 1 is 1.07 bits per heavy atom. The fourth-order valence-electron chi connectivity index (χ4n) is 4.88. The van der Waals surface area contributed by atoms with Crippen molar-refractivity contribution in [3.63, 3.8) is 0 Å². The number of aryl methyl sites for hydroxylation is 1. The molecule has 1 unspecified atom stereocenters. The molecule has 3 amide bonds. The van der Waals surface area contributed by atoms with Crippen LogP contribution in [0, 0.1) is 5.82 Å². The molecule has 0 spiro atoms. The van der Waals surface area contributed by atoms with E-state index in [2.05, 4.69) is 35.6 Å². The van der Waals surface area contributed by atoms with Crippen LogP contribution in [0.5, 0.6) is 0 Å². The van der Waals surface area contributed by atoms with Crippen molar-refractivity contribution in [3.05, 3.63) is 98.9 Å². The average Bonchev–Trinajstić information content (AvgIpc) is 3.40. The van der Waals surface area contributed by atoms with Gasteiger partial charge in [0.2, 0.25) is 11.8 Å². The molecule has 3 heterocycles. The molecule has 0 saturated heterocycles. The van der Waals surface area contributed by atoms with Crippen molar-refractivity contribution in [1.82, 2.24) is 20.3 Å². The van der Waals surface area contributed by atoms with Crippen LogP contribution in [0.25, 0.3) is 17.3 Å². The zero-order valence-corrected chi connectivity index (χ0v) is 26.1. The summed E-state index contributed by atoms with van der Waals surface area (Å²) in [6.07, 6.45) is 2.02. The maximum absolute atomic E-state index is 14.7. The number of rotatable bonds is 5. The quantitative estimate of drug-likeness (QED) is 0.144. The van der Waals surface area contributed by atoms with Crippen LogP contribution in [0.1, 0.15) is 52.5 Å². The fraction of sp³-hybridized carbons (Fsp3) is 0.188. The lowest BCUT2D eigenvalue weighted by Crippen LogP contribution is -2.29. The van der Waals surface area contributed by atoms with Crippen LogP contribution in [0.3, 0.4) is 0 Å². The maximum atomic E-state index is 14.7. The van der Waals surface area contributed by atoms with Gasteiger partial charge in [-0.15, -0.1) is 0 Å². The fourth-order valence-corrected chi connectivity index (χ4v) is 5.30. The number of ketones is 1. The molecule has 1 aliphatic rings. The third-order valence-corrected chi connectivity index (χ3v) is 7.60. The molecular formula is C32H27Cl2FN6O5. The van der Waals surface area contributed by atoms with Gasteiger partial charge in [0.15, 0.2) is 5.78 Å². The molecule has 2 aromatic carbocycles. The number of benzene rings is 2. The number of methoxy groups -OCH3 is 1. The van der Waals surface area contributed by atoms with Crippen LogP contribution >= 0.6 is 23.2 Å². The molecule has 236 valence electrons. The number of carbonyl (C=O) groups is 4. The van der Waals surface area contributed by atoms with Gasteiger partial charge in [0.25, 0.3) is 0 Å². The summed E-state index contributed by atoms with van der Waals surface area (Å²) >= 11 is 12.7. The van der Waals surface area contributed by atoms with E-state index in [0.717, 1.165) is 0 Å². The van der Waals surface area contributed by atoms with Gasteiger partial charge < -0.3 is 20.4 Å². The van der Waals surface area contributed by atoms with E-state index in [4.69, 9.17) is 23.2 Å². The number of imidazole rings is 1. The molecule has 1 aliphatic heterocycles. The summed E-state index contributed by atoms with van der Waals surface area (Å²) in [6, 6.07) is 11.4. The Hall–Kier alpha value is -5.07. The van der Waals surface area contributed by atoms with Crippen LogP contribution in [-0.4, -0.2) is 45.8 Å². The highest BCUT2D eigenvalue weighted by atomic mass is 35.5. The van der Waals surface area contributed by atoms with E-state index < -0.39 is 29.8 Å². The second-order valence-electron chi connectivity index (χ2n) is 10.3. The van der Waals surface area contributed by atoms with Crippen LogP contribution in [0.15, 0.2) is 54.6 Å². The number of amides is 3. The Morgan fingerprint density at radius 3 is 2.63 bits per heavy atom. The Kier molecular flexibility index (Phi) is 9.78. The molecular weight excluding hydrogens is 638 g/mol. The van der Waals surface area contributed by atoms with Crippen LogP contribution in [0.4, 0.5) is 20.6 Å². The number of pyridine rings is 1. The van der Waals surface area contributed by atoms with Gasteiger partial charge in [-0.2, -0.15) is 0 Å². The molecule has 0 saturated carbocycles. The van der Waals surface area contributed by atoms with Crippen molar-refractivity contribution in [1.29, 1.82) is 0 Å². The Morgan fingerprint density at radius 2 is 1.87 bits per heavy atom. The standard InChI is InChI=1S/C32H27Cl2FN6O5/c1-16(42)21-7-4-18(33)13-17(21)3-11-27(43)39-26-15-19-6-9-23(35)24(36-19)10-12-28(44)38-25-14-20(37-32(45)46-2)5-8-22(25)29-30(34)41-31(26)40-29/h3-9,11,13-14,26H,10,12,15H2,1-2H3,(H,37,45)(H,38,44)(H,39,43)(H,40,41). The van der Waals surface area contributed by atoms with Gasteiger partial charge in [-0.05, 0) is 67.1 Å². The number of hydrogen-bond acceptors (Lipinski definition) is 7. The third-order valence-electron chi connectivity index (χ3n) is 7.09. The monoisotopic (exact) mass is 664 g/mol. The van der Waals surface area contributed by atoms with Crippen molar-refractivity contribution < 1.29 is 28.3 Å². The minimum Gasteiger partial charge on any atom is -0.453 e. The second kappa shape index (κ2) is 13.9. The number of hydrogen-bond donors (Lipinski definition) is 4. The van der Waals surface area contributed by atoms with E-state index in [1.807, 2.05) is 0 Å². The van der Waals surface area contributed by atoms with Gasteiger partial charge in [0.1, 0.15) is 22.5 Å². The number of fused-ring (bicyclic) bond motifs is 6. The number of nitrogens with zero attached hydrogens (tertiary/aromatic N) is 2. The average molecular weight is 666 g/mol. The number of aromatic nitrogens is 3. The molecule has 11 nitrogen and oxygen atoms in total. The summed E-state index contributed by atoms with van der Waals surface area (Å²) in [5, 5.41) is 8.72. The SMILES string of the molecule is COC(=O)Nc1ccc2c(c1)NC(=O)CCc1nc(ccc1F)CC(NC(=O)C=Cc1cc(Cl)ccc1C(C)=O)c1nc-2c(Cl)[nH]1. The number of halogens is 3. The van der Waals surface area contributed by atoms with Crippen molar-refractivity contribution >= 4 is 64.3 Å². The number of H-pyrrole nitrogens is 1. The summed E-state index contributed by atoms with van der Waals surface area (Å²) in [7, 11) is 1.22. The molecule has 2 aromatic heterocycles. The highest BCUT2D eigenvalue weighted by molar-refractivity contribution is 6.32. The first-order valence-corrected chi connectivity index (χ1v) is 14.7. The molecule has 46 heavy (non-hydrogen) atoms. The Bertz CT molecular complexity index is 1890. The number of nitrogens with one attached hydrogen (secondary N) is 4. The Balaban J connectivity index is 1.55. The molecule has 4 bridgehead atoms. The van der Waals surface area contributed by atoms with E-state index >= 15 is 0 Å². The summed E-state index contributed by atoms with van der Waals surface area (Å²) in [4.78, 5) is 62.2. The van der Waals surface area contributed by atoms with Crippen LogP contribution in [-0.2, 0) is 27.2 Å². The van der Waals surface area contributed by atoms with Gasteiger partial charge in [-0.3, -0.25) is 24.7 Å². The first kappa shape index (κ1) is 32.3. The van der Waals surface area contributed by atoms with Gasteiger partial charge in [-0.1, -0.05) is 23.2 Å². The lowest BCUT2D eigenvalue weighted by molar-refractivity contribution is -0.117. The minimum absolute atomic E-state index is 0.00146. The highest BCUT2D eigenvalue weighted by Gasteiger charge is 2.24. The zero-order valence-electron chi connectivity index (χ0n) is 24.5. The van der Waals surface area contributed by atoms with E-state index in [1.165, 1.54) is 44.4 Å². The number of Topliss-reactive ketones (excluding diaryl/α,β-unsaturated/α-hetero) is 1. The van der Waals surface area contributed by atoms with Crippen molar-refractivity contribution in [2.24, 2.45) is 0 Å². The normalized spacial score (nSPS) is 14.5. The molecule has 0 radical (unpaired) electrons. The first-order chi connectivity index (χ1) is 22.0. The molecule has 0 fully saturated rings. The van der Waals surface area contributed by atoms with E-state index in [-0.39, 0.29) is 53.1 Å².